The van der Waals surface area contributed by atoms with Gasteiger partial charge in [0.05, 0.1) is 0 Å². The molecule has 0 aromatic heterocycles. The normalized spacial score (nSPS) is 6.00. The molecule has 0 aliphatic heterocycles. The number of hydrogen-bond donors (Lipinski definition) is 0. The van der Waals surface area contributed by atoms with Gasteiger partial charge in [0.1, 0.15) is 0 Å². The van der Waals surface area contributed by atoms with Gasteiger partial charge in [0.25, 0.3) is 0 Å². The fourth-order valence-electron chi connectivity index (χ4n) is 0. The van der Waals surface area contributed by atoms with Crippen LogP contribution in [0, 0.1) is 0 Å². The van der Waals surface area contributed by atoms with Gasteiger partial charge in [-0.3, -0.25) is 0 Å². The molecule has 0 spiro atoms. The zero-order chi connectivity index (χ0) is 4.50. The van der Waals surface area contributed by atoms with Crippen LogP contribution >= 0.6 is 0 Å². The van der Waals surface area contributed by atoms with Gasteiger partial charge in [-0.15, -0.1) is 17.6 Å². The van der Waals surface area contributed by atoms with Crippen LogP contribution in [0.2, 0.25) is 0 Å². The van der Waals surface area contributed by atoms with Crippen LogP contribution < -0.4 is 0 Å². The molecule has 0 aliphatic rings. The summed E-state index contributed by atoms with van der Waals surface area (Å²) in [6, 6.07) is 0. The van der Waals surface area contributed by atoms with E-state index >= 15 is 0 Å². The third kappa shape index (κ3) is 656. The minimum absolute atomic E-state index is 0. The van der Waals surface area contributed by atoms with Crippen LogP contribution in [0.4, 0.5) is 17.6 Å². The smallest absolute Gasteiger partial charge is 2.00 e. The van der Waals surface area contributed by atoms with Gasteiger partial charge < -0.3 is 16.4 Å². The van der Waals surface area contributed by atoms with Crippen molar-refractivity contribution >= 4 is 0 Å². The van der Waals surface area contributed by atoms with Gasteiger partial charge in [0.15, 0.2) is 0 Å². The minimum atomic E-state index is -5.50. The SMILES string of the molecule is FC(F)(F)F.[Ag+].[O-2].[O-2].[O-2].[V+5]. The van der Waals surface area contributed by atoms with Crippen LogP contribution in [-0.2, 0) is 57.4 Å². The molecule has 0 aliphatic carbocycles. The molecule has 0 radical (unpaired) electrons. The van der Waals surface area contributed by atoms with E-state index in [0.29, 0.717) is 0 Å². The topological polar surface area (TPSA) is 85.5 Å². The number of alkyl halides is 4. The monoisotopic (exact) mass is 294 g/mol. The van der Waals surface area contributed by atoms with E-state index in [1.54, 1.807) is 0 Å². The van der Waals surface area contributed by atoms with Crippen LogP contribution in [0.1, 0.15) is 0 Å². The minimum Gasteiger partial charge on any atom is -2.00 e. The predicted octanol–water partition coefficient (Wildman–Crippen LogP) is 1.11. The van der Waals surface area contributed by atoms with Crippen molar-refractivity contribution < 1.29 is 74.9 Å². The zero-order valence-electron chi connectivity index (χ0n) is 3.99. The molecule has 10 heavy (non-hydrogen) atoms. The first-order valence-electron chi connectivity index (χ1n) is 0.756. The van der Waals surface area contributed by atoms with E-state index < -0.39 is 6.43 Å². The van der Waals surface area contributed by atoms with E-state index in [9.17, 15) is 17.6 Å². The van der Waals surface area contributed by atoms with Crippen molar-refractivity contribution in [2.75, 3.05) is 0 Å². The van der Waals surface area contributed by atoms with E-state index in [1.165, 1.54) is 0 Å². The molecule has 0 N–H and O–H groups in total. The number of halogens is 4. The fourth-order valence-corrected chi connectivity index (χ4v) is 0. The first-order valence-corrected chi connectivity index (χ1v) is 0.756. The molecule has 0 aromatic carbocycles. The van der Waals surface area contributed by atoms with Crippen LogP contribution in [0.5, 0.6) is 0 Å². The maximum absolute atomic E-state index is 9.69. The Kier molecular flexibility index (Phi) is 73.1. The molecule has 0 fully saturated rings. The molecule has 3 nitrogen and oxygen atoms in total. The van der Waals surface area contributed by atoms with Crippen molar-refractivity contribution in [3.63, 3.8) is 0 Å². The van der Waals surface area contributed by atoms with Gasteiger partial charge in [-0.2, -0.15) is 0 Å². The Morgan fingerprint density at radius 3 is 0.700 bits per heavy atom. The Labute approximate surface area is 81.5 Å². The molecule has 0 unspecified atom stereocenters. The Balaban J connectivity index is -0.00000000800. The van der Waals surface area contributed by atoms with Gasteiger partial charge >= 0.3 is 47.4 Å². The summed E-state index contributed by atoms with van der Waals surface area (Å²) < 4.78 is 38.8. The summed E-state index contributed by atoms with van der Waals surface area (Å²) >= 11 is 0. The summed E-state index contributed by atoms with van der Waals surface area (Å²) in [6.07, 6.45) is -5.50. The van der Waals surface area contributed by atoms with Crippen molar-refractivity contribution in [3.05, 3.63) is 0 Å². The summed E-state index contributed by atoms with van der Waals surface area (Å²) in [5.74, 6) is 0. The number of rotatable bonds is 0. The second-order valence-electron chi connectivity index (χ2n) is 0.429. The molecule has 0 bridgehead atoms. The van der Waals surface area contributed by atoms with E-state index in [1.807, 2.05) is 0 Å². The average Bonchev–Trinajstić information content (AvgIpc) is 0.722. The Bertz CT molecular complexity index is 36.0. The van der Waals surface area contributed by atoms with Gasteiger partial charge in [-0.25, -0.2) is 0 Å². The van der Waals surface area contributed by atoms with Crippen molar-refractivity contribution in [1.29, 1.82) is 0 Å². The van der Waals surface area contributed by atoms with Crippen LogP contribution in [0.3, 0.4) is 0 Å². The third-order valence-corrected chi connectivity index (χ3v) is 0. The first-order chi connectivity index (χ1) is 2.00. The maximum atomic E-state index is 9.69. The van der Waals surface area contributed by atoms with Crippen LogP contribution in [0.15, 0.2) is 0 Å². The largest absolute Gasteiger partial charge is 5.00 e. The second-order valence-corrected chi connectivity index (χ2v) is 0.429. The standard InChI is InChI=1S/CF4.Ag.3O.V/c2-1(3,4)5;;;;;/q;+1;3*-2;+5. The quantitative estimate of drug-likeness (QED) is 0.473. The third-order valence-electron chi connectivity index (χ3n) is 0. The molecule has 9 heteroatoms. The fraction of sp³-hybridized carbons (Fsp3) is 1.00. The van der Waals surface area contributed by atoms with Crippen LogP contribution in [-0.4, -0.2) is 6.43 Å². The summed E-state index contributed by atoms with van der Waals surface area (Å²) in [5, 5.41) is 0. The van der Waals surface area contributed by atoms with Crippen molar-refractivity contribution in [1.82, 2.24) is 0 Å². The predicted molar refractivity (Wildman–Crippen MR) is 9.22 cm³/mol. The molecule has 0 aromatic rings. The van der Waals surface area contributed by atoms with E-state index in [0.717, 1.165) is 0 Å². The Morgan fingerprint density at radius 1 is 0.700 bits per heavy atom. The summed E-state index contributed by atoms with van der Waals surface area (Å²) in [5.41, 5.74) is 0. The van der Waals surface area contributed by atoms with Crippen molar-refractivity contribution in [2.24, 2.45) is 0 Å². The van der Waals surface area contributed by atoms with Crippen molar-refractivity contribution in [2.45, 2.75) is 6.43 Å². The van der Waals surface area contributed by atoms with Gasteiger partial charge in [0.2, 0.25) is 0 Å². The first kappa shape index (κ1) is 44.4. The molecule has 0 saturated heterocycles. The van der Waals surface area contributed by atoms with Gasteiger partial charge in [-0.05, 0) is 0 Å². The molecule has 0 amide bonds. The van der Waals surface area contributed by atoms with Crippen LogP contribution in [0.25, 0.3) is 0 Å². The second kappa shape index (κ2) is 16.5. The Hall–Kier alpha value is 0.925. The molecule has 0 heterocycles. The number of hydrogen-bond acceptors (Lipinski definition) is 0. The van der Waals surface area contributed by atoms with E-state index in [2.05, 4.69) is 0 Å². The summed E-state index contributed by atoms with van der Waals surface area (Å²) in [6.45, 7) is 0. The Morgan fingerprint density at radius 2 is 0.700 bits per heavy atom. The molecular formula is CAgF4O3V. The van der Waals surface area contributed by atoms with E-state index in [4.69, 9.17) is 0 Å². The molecule has 0 rings (SSSR count). The molecular weight excluding hydrogens is 295 g/mol. The van der Waals surface area contributed by atoms with Crippen molar-refractivity contribution in [3.8, 4) is 0 Å². The molecule has 0 atom stereocenters. The van der Waals surface area contributed by atoms with E-state index in [-0.39, 0.29) is 57.4 Å². The van der Waals surface area contributed by atoms with Gasteiger partial charge in [0, 0.05) is 0 Å². The molecule has 66 valence electrons. The molecule has 0 saturated carbocycles. The zero-order valence-corrected chi connectivity index (χ0v) is 6.86. The average molecular weight is 295 g/mol. The summed E-state index contributed by atoms with van der Waals surface area (Å²) in [7, 11) is 0. The van der Waals surface area contributed by atoms with Gasteiger partial charge in [-0.1, -0.05) is 0 Å². The maximum Gasteiger partial charge on any atom is 5.00 e. The summed E-state index contributed by atoms with van der Waals surface area (Å²) in [4.78, 5) is 0.